The number of rotatable bonds is 4. The SMILES string of the molecule is CCCNCC1CCCC1(C)C. The Hall–Kier alpha value is -0.0400. The molecule has 0 aromatic carbocycles. The van der Waals surface area contributed by atoms with Crippen molar-refractivity contribution in [2.24, 2.45) is 11.3 Å². The predicted octanol–water partition coefficient (Wildman–Crippen LogP) is 2.81. The van der Waals surface area contributed by atoms with Crippen LogP contribution in [0.5, 0.6) is 0 Å². The van der Waals surface area contributed by atoms with E-state index in [9.17, 15) is 0 Å². The van der Waals surface area contributed by atoms with Gasteiger partial charge in [-0.1, -0.05) is 27.2 Å². The smallest absolute Gasteiger partial charge is 0.00154 e. The van der Waals surface area contributed by atoms with E-state index in [1.165, 1.54) is 38.8 Å². The van der Waals surface area contributed by atoms with Crippen LogP contribution in [0.1, 0.15) is 46.5 Å². The standard InChI is InChI=1S/C11H23N/c1-4-8-12-9-10-6-5-7-11(10,2)3/h10,12H,4-9H2,1-3H3. The van der Waals surface area contributed by atoms with Crippen LogP contribution in [-0.4, -0.2) is 13.1 Å². The zero-order valence-electron chi connectivity index (χ0n) is 8.82. The van der Waals surface area contributed by atoms with Crippen LogP contribution in [0, 0.1) is 11.3 Å². The third-order valence-corrected chi connectivity index (χ3v) is 3.30. The zero-order valence-corrected chi connectivity index (χ0v) is 8.82. The molecule has 0 radical (unpaired) electrons. The van der Waals surface area contributed by atoms with E-state index in [1.807, 2.05) is 0 Å². The van der Waals surface area contributed by atoms with Gasteiger partial charge in [0.05, 0.1) is 0 Å². The summed E-state index contributed by atoms with van der Waals surface area (Å²) in [5.41, 5.74) is 0.598. The van der Waals surface area contributed by atoms with Gasteiger partial charge in [0.2, 0.25) is 0 Å². The summed E-state index contributed by atoms with van der Waals surface area (Å²) in [5, 5.41) is 3.53. The third kappa shape index (κ3) is 2.48. The molecule has 0 saturated heterocycles. The Labute approximate surface area is 76.9 Å². The van der Waals surface area contributed by atoms with Crippen LogP contribution in [0.15, 0.2) is 0 Å². The Bertz CT molecular complexity index is 129. The predicted molar refractivity (Wildman–Crippen MR) is 54.3 cm³/mol. The van der Waals surface area contributed by atoms with E-state index in [0.717, 1.165) is 5.92 Å². The fraction of sp³-hybridized carbons (Fsp3) is 1.00. The summed E-state index contributed by atoms with van der Waals surface area (Å²) in [6, 6.07) is 0. The summed E-state index contributed by atoms with van der Waals surface area (Å²) in [7, 11) is 0. The molecular formula is C11H23N. The molecule has 1 N–H and O–H groups in total. The normalized spacial score (nSPS) is 27.8. The van der Waals surface area contributed by atoms with E-state index in [2.05, 4.69) is 26.1 Å². The van der Waals surface area contributed by atoms with E-state index >= 15 is 0 Å². The van der Waals surface area contributed by atoms with Crippen LogP contribution in [0.3, 0.4) is 0 Å². The van der Waals surface area contributed by atoms with Crippen molar-refractivity contribution < 1.29 is 0 Å². The summed E-state index contributed by atoms with van der Waals surface area (Å²) in [6.45, 7) is 9.48. The lowest BCUT2D eigenvalue weighted by Crippen LogP contribution is -2.30. The second kappa shape index (κ2) is 4.27. The molecule has 1 fully saturated rings. The van der Waals surface area contributed by atoms with Gasteiger partial charge in [-0.15, -0.1) is 0 Å². The Morgan fingerprint density at radius 3 is 2.67 bits per heavy atom. The average Bonchev–Trinajstić information content (AvgIpc) is 2.32. The highest BCUT2D eigenvalue weighted by atomic mass is 14.9. The molecule has 1 unspecified atom stereocenters. The summed E-state index contributed by atoms with van der Waals surface area (Å²) in [6.07, 6.45) is 5.55. The Morgan fingerprint density at radius 2 is 2.17 bits per heavy atom. The summed E-state index contributed by atoms with van der Waals surface area (Å²) >= 11 is 0. The molecule has 0 aromatic heterocycles. The van der Waals surface area contributed by atoms with Crippen molar-refractivity contribution in [1.29, 1.82) is 0 Å². The van der Waals surface area contributed by atoms with Gasteiger partial charge in [-0.05, 0) is 43.7 Å². The van der Waals surface area contributed by atoms with E-state index in [4.69, 9.17) is 0 Å². The highest BCUT2D eigenvalue weighted by Gasteiger charge is 2.33. The maximum atomic E-state index is 3.53. The van der Waals surface area contributed by atoms with Crippen molar-refractivity contribution in [3.63, 3.8) is 0 Å². The van der Waals surface area contributed by atoms with Gasteiger partial charge in [-0.2, -0.15) is 0 Å². The minimum atomic E-state index is 0.598. The molecule has 12 heavy (non-hydrogen) atoms. The molecule has 72 valence electrons. The first-order valence-electron chi connectivity index (χ1n) is 5.37. The second-order valence-corrected chi connectivity index (χ2v) is 4.78. The van der Waals surface area contributed by atoms with Gasteiger partial charge in [0, 0.05) is 0 Å². The Morgan fingerprint density at radius 1 is 1.42 bits per heavy atom. The molecule has 0 spiro atoms. The summed E-state index contributed by atoms with van der Waals surface area (Å²) < 4.78 is 0. The first-order chi connectivity index (χ1) is 5.67. The highest BCUT2D eigenvalue weighted by molar-refractivity contribution is 4.85. The van der Waals surface area contributed by atoms with Crippen LogP contribution in [0.25, 0.3) is 0 Å². The maximum Gasteiger partial charge on any atom is -0.00154 e. The number of hydrogen-bond acceptors (Lipinski definition) is 1. The molecule has 1 heteroatoms. The van der Waals surface area contributed by atoms with E-state index in [0.29, 0.717) is 5.41 Å². The molecule has 0 aliphatic heterocycles. The van der Waals surface area contributed by atoms with Gasteiger partial charge < -0.3 is 5.32 Å². The van der Waals surface area contributed by atoms with Crippen molar-refractivity contribution in [2.45, 2.75) is 46.5 Å². The molecular weight excluding hydrogens is 146 g/mol. The van der Waals surface area contributed by atoms with Crippen molar-refractivity contribution in [2.75, 3.05) is 13.1 Å². The molecule has 0 aromatic rings. The van der Waals surface area contributed by atoms with Crippen LogP contribution in [0.4, 0.5) is 0 Å². The number of hydrogen-bond donors (Lipinski definition) is 1. The molecule has 1 saturated carbocycles. The van der Waals surface area contributed by atoms with Gasteiger partial charge in [0.25, 0.3) is 0 Å². The van der Waals surface area contributed by atoms with Gasteiger partial charge >= 0.3 is 0 Å². The van der Waals surface area contributed by atoms with Gasteiger partial charge in [0.1, 0.15) is 0 Å². The van der Waals surface area contributed by atoms with Crippen LogP contribution in [-0.2, 0) is 0 Å². The van der Waals surface area contributed by atoms with E-state index in [1.54, 1.807) is 0 Å². The molecule has 0 heterocycles. The third-order valence-electron chi connectivity index (χ3n) is 3.30. The van der Waals surface area contributed by atoms with Crippen molar-refractivity contribution in [3.8, 4) is 0 Å². The van der Waals surface area contributed by atoms with E-state index < -0.39 is 0 Å². The van der Waals surface area contributed by atoms with Crippen molar-refractivity contribution >= 4 is 0 Å². The van der Waals surface area contributed by atoms with Gasteiger partial charge in [-0.3, -0.25) is 0 Å². The average molecular weight is 169 g/mol. The minimum absolute atomic E-state index is 0.598. The minimum Gasteiger partial charge on any atom is -0.316 e. The molecule has 1 rings (SSSR count). The molecule has 0 amide bonds. The van der Waals surface area contributed by atoms with Gasteiger partial charge in [-0.25, -0.2) is 0 Å². The van der Waals surface area contributed by atoms with Crippen LogP contribution < -0.4 is 5.32 Å². The fourth-order valence-corrected chi connectivity index (χ4v) is 2.23. The fourth-order valence-electron chi connectivity index (χ4n) is 2.23. The Balaban J connectivity index is 2.22. The highest BCUT2D eigenvalue weighted by Crippen LogP contribution is 2.41. The second-order valence-electron chi connectivity index (χ2n) is 4.78. The summed E-state index contributed by atoms with van der Waals surface area (Å²) in [5.74, 6) is 0.920. The maximum absolute atomic E-state index is 3.53. The first kappa shape index (κ1) is 10.0. The lowest BCUT2D eigenvalue weighted by atomic mass is 9.82. The monoisotopic (exact) mass is 169 g/mol. The topological polar surface area (TPSA) is 12.0 Å². The van der Waals surface area contributed by atoms with Gasteiger partial charge in [0.15, 0.2) is 0 Å². The zero-order chi connectivity index (χ0) is 9.03. The summed E-state index contributed by atoms with van der Waals surface area (Å²) in [4.78, 5) is 0. The lowest BCUT2D eigenvalue weighted by molar-refractivity contribution is 0.252. The molecule has 1 aliphatic rings. The van der Waals surface area contributed by atoms with Crippen LogP contribution in [0.2, 0.25) is 0 Å². The molecule has 1 atom stereocenters. The van der Waals surface area contributed by atoms with Crippen molar-refractivity contribution in [1.82, 2.24) is 5.32 Å². The number of nitrogens with one attached hydrogen (secondary N) is 1. The van der Waals surface area contributed by atoms with Crippen molar-refractivity contribution in [3.05, 3.63) is 0 Å². The van der Waals surface area contributed by atoms with E-state index in [-0.39, 0.29) is 0 Å². The molecule has 1 nitrogen and oxygen atoms in total. The Kier molecular flexibility index (Phi) is 3.57. The first-order valence-corrected chi connectivity index (χ1v) is 5.37. The quantitative estimate of drug-likeness (QED) is 0.638. The molecule has 0 bridgehead atoms. The lowest BCUT2D eigenvalue weighted by Gasteiger charge is -2.27. The van der Waals surface area contributed by atoms with Crippen LogP contribution >= 0.6 is 0 Å². The molecule has 1 aliphatic carbocycles. The largest absolute Gasteiger partial charge is 0.316 e.